The maximum absolute atomic E-state index is 12.0. The van der Waals surface area contributed by atoms with Gasteiger partial charge in [-0.1, -0.05) is 36.4 Å². The van der Waals surface area contributed by atoms with Crippen molar-refractivity contribution in [3.05, 3.63) is 66.0 Å². The Balaban J connectivity index is 1.98. The normalized spacial score (nSPS) is 12.9. The molecule has 0 radical (unpaired) electrons. The number of primary amides is 1. The Morgan fingerprint density at radius 3 is 2.48 bits per heavy atom. The number of rotatable bonds is 6. The predicted molar refractivity (Wildman–Crippen MR) is 85.3 cm³/mol. The maximum atomic E-state index is 12.0. The van der Waals surface area contributed by atoms with Gasteiger partial charge in [-0.15, -0.1) is 0 Å². The number of nitrogens with one attached hydrogen (secondary N) is 1. The van der Waals surface area contributed by atoms with E-state index < -0.39 is 17.5 Å². The van der Waals surface area contributed by atoms with Gasteiger partial charge < -0.3 is 15.8 Å². The van der Waals surface area contributed by atoms with Crippen molar-refractivity contribution in [3.63, 3.8) is 0 Å². The van der Waals surface area contributed by atoms with Crippen LogP contribution in [0, 0.1) is 0 Å². The van der Waals surface area contributed by atoms with E-state index in [-0.39, 0.29) is 13.0 Å². The van der Waals surface area contributed by atoms with Gasteiger partial charge in [0.1, 0.15) is 12.1 Å². The minimum Gasteiger partial charge on any atom is -0.445 e. The highest BCUT2D eigenvalue weighted by Gasteiger charge is 2.34. The number of nitrogens with two attached hydrogens (primary N) is 1. The van der Waals surface area contributed by atoms with Crippen LogP contribution in [0.5, 0.6) is 0 Å². The Labute approximate surface area is 134 Å². The second-order valence-electron chi connectivity index (χ2n) is 5.38. The van der Waals surface area contributed by atoms with Crippen LogP contribution in [0.15, 0.2) is 54.7 Å². The number of nitrogens with zero attached hydrogens (tertiary/aromatic N) is 1. The van der Waals surface area contributed by atoms with Gasteiger partial charge in [-0.25, -0.2) is 4.79 Å². The van der Waals surface area contributed by atoms with Crippen molar-refractivity contribution in [1.29, 1.82) is 0 Å². The molecule has 0 saturated carbocycles. The Morgan fingerprint density at radius 2 is 1.87 bits per heavy atom. The molecule has 0 aliphatic rings. The molecule has 2 aromatic rings. The van der Waals surface area contributed by atoms with Crippen molar-refractivity contribution < 1.29 is 14.3 Å². The molecule has 3 N–H and O–H groups in total. The summed E-state index contributed by atoms with van der Waals surface area (Å²) in [5, 5.41) is 2.54. The van der Waals surface area contributed by atoms with Crippen LogP contribution >= 0.6 is 0 Å². The molecular weight excluding hydrogens is 294 g/mol. The second kappa shape index (κ2) is 7.40. The van der Waals surface area contributed by atoms with E-state index in [2.05, 4.69) is 10.3 Å². The zero-order valence-electron chi connectivity index (χ0n) is 12.9. The third kappa shape index (κ3) is 4.81. The van der Waals surface area contributed by atoms with Crippen LogP contribution in [0.2, 0.25) is 0 Å². The van der Waals surface area contributed by atoms with E-state index in [1.165, 1.54) is 0 Å². The van der Waals surface area contributed by atoms with Crippen molar-refractivity contribution in [1.82, 2.24) is 10.3 Å². The summed E-state index contributed by atoms with van der Waals surface area (Å²) in [6.45, 7) is 1.67. The molecule has 6 heteroatoms. The minimum atomic E-state index is -1.28. The van der Waals surface area contributed by atoms with Crippen molar-refractivity contribution in [3.8, 4) is 0 Å². The summed E-state index contributed by atoms with van der Waals surface area (Å²) >= 11 is 0. The molecule has 120 valence electrons. The van der Waals surface area contributed by atoms with Gasteiger partial charge in [0.05, 0.1) is 0 Å². The first-order chi connectivity index (χ1) is 11.0. The van der Waals surface area contributed by atoms with Crippen molar-refractivity contribution in [2.45, 2.75) is 25.5 Å². The van der Waals surface area contributed by atoms with Crippen molar-refractivity contribution >= 4 is 12.0 Å². The summed E-state index contributed by atoms with van der Waals surface area (Å²) in [5.74, 6) is -0.653. The Morgan fingerprint density at radius 1 is 1.17 bits per heavy atom. The highest BCUT2D eigenvalue weighted by Crippen LogP contribution is 2.12. The zero-order chi connectivity index (χ0) is 16.7. The smallest absolute Gasteiger partial charge is 0.408 e. The van der Waals surface area contributed by atoms with Crippen molar-refractivity contribution in [2.75, 3.05) is 0 Å². The topological polar surface area (TPSA) is 94.3 Å². The van der Waals surface area contributed by atoms with Gasteiger partial charge in [-0.2, -0.15) is 0 Å². The number of benzene rings is 1. The zero-order valence-corrected chi connectivity index (χ0v) is 12.9. The SMILES string of the molecule is CC(Cc1ccccn1)(NC(=O)OCc1ccccc1)C(N)=O. The van der Waals surface area contributed by atoms with Gasteiger partial charge in [-0.3, -0.25) is 9.78 Å². The number of amides is 2. The molecule has 0 bridgehead atoms. The Hall–Kier alpha value is -2.89. The molecule has 1 atom stereocenters. The molecule has 0 fully saturated rings. The summed E-state index contributed by atoms with van der Waals surface area (Å²) in [7, 11) is 0. The number of alkyl carbamates (subject to hydrolysis) is 1. The second-order valence-corrected chi connectivity index (χ2v) is 5.38. The highest BCUT2D eigenvalue weighted by atomic mass is 16.5. The lowest BCUT2D eigenvalue weighted by Crippen LogP contribution is -2.57. The Bertz CT molecular complexity index is 661. The number of hydrogen-bond donors (Lipinski definition) is 2. The van der Waals surface area contributed by atoms with Crippen LogP contribution < -0.4 is 11.1 Å². The lowest BCUT2D eigenvalue weighted by atomic mass is 9.95. The van der Waals surface area contributed by atoms with Crippen LogP contribution in [0.1, 0.15) is 18.2 Å². The molecule has 6 nitrogen and oxygen atoms in total. The molecule has 1 aromatic carbocycles. The summed E-state index contributed by atoms with van der Waals surface area (Å²) in [6.07, 6.45) is 1.10. The summed E-state index contributed by atoms with van der Waals surface area (Å²) < 4.78 is 5.13. The lowest BCUT2D eigenvalue weighted by molar-refractivity contribution is -0.123. The van der Waals surface area contributed by atoms with E-state index in [0.717, 1.165) is 5.56 Å². The van der Waals surface area contributed by atoms with E-state index in [0.29, 0.717) is 5.69 Å². The highest BCUT2D eigenvalue weighted by molar-refractivity contribution is 5.88. The maximum Gasteiger partial charge on any atom is 0.408 e. The molecule has 1 heterocycles. The van der Waals surface area contributed by atoms with Gasteiger partial charge >= 0.3 is 6.09 Å². The van der Waals surface area contributed by atoms with Crippen LogP contribution in [-0.4, -0.2) is 22.5 Å². The molecule has 0 aliphatic heterocycles. The van der Waals surface area contributed by atoms with Gasteiger partial charge in [0.15, 0.2) is 0 Å². The number of carbonyl (C=O) groups excluding carboxylic acids is 2. The minimum absolute atomic E-state index is 0.116. The summed E-state index contributed by atoms with van der Waals surface area (Å²) in [6, 6.07) is 14.6. The van der Waals surface area contributed by atoms with Crippen LogP contribution in [-0.2, 0) is 22.6 Å². The van der Waals surface area contributed by atoms with E-state index in [9.17, 15) is 9.59 Å². The lowest BCUT2D eigenvalue weighted by Gasteiger charge is -2.26. The molecular formula is C17H19N3O3. The van der Waals surface area contributed by atoms with E-state index in [1.54, 1.807) is 31.3 Å². The van der Waals surface area contributed by atoms with Gasteiger partial charge in [0, 0.05) is 18.3 Å². The molecule has 23 heavy (non-hydrogen) atoms. The summed E-state index contributed by atoms with van der Waals surface area (Å²) in [4.78, 5) is 27.9. The van der Waals surface area contributed by atoms with Crippen LogP contribution in [0.25, 0.3) is 0 Å². The molecule has 0 aliphatic carbocycles. The number of aromatic nitrogens is 1. The first-order valence-electron chi connectivity index (χ1n) is 7.18. The van der Waals surface area contributed by atoms with Gasteiger partial charge in [0.2, 0.25) is 5.91 Å². The average Bonchev–Trinajstić information content (AvgIpc) is 2.54. The predicted octanol–water partition coefficient (Wildman–Crippen LogP) is 1.79. The van der Waals surface area contributed by atoms with Crippen LogP contribution in [0.3, 0.4) is 0 Å². The monoisotopic (exact) mass is 313 g/mol. The third-order valence-corrected chi connectivity index (χ3v) is 3.40. The molecule has 2 rings (SSSR count). The summed E-state index contributed by atoms with van der Waals surface area (Å²) in [5.41, 5.74) is 5.67. The fourth-order valence-corrected chi connectivity index (χ4v) is 2.04. The third-order valence-electron chi connectivity index (χ3n) is 3.40. The first kappa shape index (κ1) is 16.5. The molecule has 0 saturated heterocycles. The number of ether oxygens (including phenoxy) is 1. The first-order valence-corrected chi connectivity index (χ1v) is 7.18. The van der Waals surface area contributed by atoms with Gasteiger partial charge in [-0.05, 0) is 24.6 Å². The number of carbonyl (C=O) groups is 2. The molecule has 2 amide bonds. The van der Waals surface area contributed by atoms with E-state index in [1.807, 2.05) is 30.3 Å². The standard InChI is InChI=1S/C17H19N3O3/c1-17(15(18)21,11-14-9-5-6-10-19-14)20-16(22)23-12-13-7-3-2-4-8-13/h2-10H,11-12H2,1H3,(H2,18,21)(H,20,22). The largest absolute Gasteiger partial charge is 0.445 e. The van der Waals surface area contributed by atoms with E-state index in [4.69, 9.17) is 10.5 Å². The average molecular weight is 313 g/mol. The quantitative estimate of drug-likeness (QED) is 0.850. The molecule has 0 spiro atoms. The molecule has 1 aromatic heterocycles. The number of pyridine rings is 1. The van der Waals surface area contributed by atoms with Crippen LogP contribution in [0.4, 0.5) is 4.79 Å². The molecule has 1 unspecified atom stereocenters. The van der Waals surface area contributed by atoms with Gasteiger partial charge in [0.25, 0.3) is 0 Å². The van der Waals surface area contributed by atoms with Crippen molar-refractivity contribution in [2.24, 2.45) is 5.73 Å². The fraction of sp³-hybridized carbons (Fsp3) is 0.235. The fourth-order valence-electron chi connectivity index (χ4n) is 2.04. The van der Waals surface area contributed by atoms with E-state index >= 15 is 0 Å². The number of hydrogen-bond acceptors (Lipinski definition) is 4. The Kier molecular flexibility index (Phi) is 5.30.